The van der Waals surface area contributed by atoms with Gasteiger partial charge in [-0.15, -0.1) is 0 Å². The van der Waals surface area contributed by atoms with Gasteiger partial charge in [-0.2, -0.15) is 0 Å². The quantitative estimate of drug-likeness (QED) is 0.128. The average Bonchev–Trinajstić information content (AvgIpc) is 3.24. The van der Waals surface area contributed by atoms with Crippen LogP contribution in [0.5, 0.6) is 0 Å². The summed E-state index contributed by atoms with van der Waals surface area (Å²) in [5.74, 6) is 0. The fourth-order valence-corrected chi connectivity index (χ4v) is 8.75. The van der Waals surface area contributed by atoms with Crippen LogP contribution in [0.4, 0.5) is 0 Å². The van der Waals surface area contributed by atoms with Gasteiger partial charge >= 0.3 is 0 Å². The van der Waals surface area contributed by atoms with Gasteiger partial charge in [0.2, 0.25) is 0 Å². The van der Waals surface area contributed by atoms with Crippen molar-refractivity contribution in [2.45, 2.75) is 0 Å². The van der Waals surface area contributed by atoms with E-state index in [2.05, 4.69) is 206 Å². The van der Waals surface area contributed by atoms with Crippen LogP contribution in [0.2, 0.25) is 0 Å². The molecule has 0 aliphatic rings. The monoisotopic (exact) mass is 682 g/mol. The van der Waals surface area contributed by atoms with Crippen molar-refractivity contribution in [3.63, 3.8) is 0 Å². The zero-order valence-corrected chi connectivity index (χ0v) is 29.6. The molecule has 11 aromatic carbocycles. The first-order valence-corrected chi connectivity index (χ1v) is 18.7. The maximum absolute atomic E-state index is 2.42. The fraction of sp³-hybridized carbons (Fsp3) is 0. The fourth-order valence-electron chi connectivity index (χ4n) is 8.75. The minimum atomic E-state index is 1.21. The molecule has 11 rings (SSSR count). The van der Waals surface area contributed by atoms with Gasteiger partial charge in [0.1, 0.15) is 0 Å². The summed E-state index contributed by atoms with van der Waals surface area (Å²) >= 11 is 0. The van der Waals surface area contributed by atoms with E-state index in [-0.39, 0.29) is 0 Å². The summed E-state index contributed by atoms with van der Waals surface area (Å²) in [6.07, 6.45) is 0. The van der Waals surface area contributed by atoms with Gasteiger partial charge in [0.25, 0.3) is 0 Å². The molecular formula is C54H34. The average molecular weight is 683 g/mol. The second-order valence-electron chi connectivity index (χ2n) is 14.5. The molecular weight excluding hydrogens is 649 g/mol. The molecule has 0 spiro atoms. The van der Waals surface area contributed by atoms with Crippen LogP contribution in [-0.4, -0.2) is 0 Å². The molecule has 0 saturated heterocycles. The van der Waals surface area contributed by atoms with Gasteiger partial charge in [0.15, 0.2) is 0 Å². The molecule has 250 valence electrons. The van der Waals surface area contributed by atoms with E-state index in [1.807, 2.05) is 0 Å². The van der Waals surface area contributed by atoms with Crippen molar-refractivity contribution in [3.8, 4) is 44.5 Å². The second-order valence-corrected chi connectivity index (χ2v) is 14.5. The van der Waals surface area contributed by atoms with Crippen LogP contribution in [0.1, 0.15) is 0 Å². The summed E-state index contributed by atoms with van der Waals surface area (Å²) in [4.78, 5) is 0. The van der Waals surface area contributed by atoms with Gasteiger partial charge in [-0.05, 0) is 139 Å². The minimum absolute atomic E-state index is 1.21. The molecule has 0 N–H and O–H groups in total. The summed E-state index contributed by atoms with van der Waals surface area (Å²) in [7, 11) is 0. The largest absolute Gasteiger partial charge is 0.0616 e. The number of fused-ring (bicyclic) bond motifs is 7. The standard InChI is InChI=1S/C54H34/c1-3-13-38-30-42(25-22-35(38)10-1)48-19-9-21-51-52(48)34-46-17-8-20-50(44-26-23-36-11-2-4-14-39(36)31-44)53(46)54(51)45-16-7-15-40(33-45)41-28-29-49-43(32-41)27-24-37-12-5-6-18-47(37)49/h1-34H. The van der Waals surface area contributed by atoms with Gasteiger partial charge in [-0.3, -0.25) is 0 Å². The molecule has 0 heteroatoms. The number of rotatable bonds is 4. The normalized spacial score (nSPS) is 11.7. The molecule has 0 atom stereocenters. The number of hydrogen-bond acceptors (Lipinski definition) is 0. The summed E-state index contributed by atoms with van der Waals surface area (Å²) in [5, 5.41) is 15.1. The molecule has 0 fully saturated rings. The zero-order valence-electron chi connectivity index (χ0n) is 29.6. The van der Waals surface area contributed by atoms with E-state index in [4.69, 9.17) is 0 Å². The lowest BCUT2D eigenvalue weighted by molar-refractivity contribution is 1.62. The molecule has 0 aromatic heterocycles. The number of hydrogen-bond donors (Lipinski definition) is 0. The van der Waals surface area contributed by atoms with Crippen LogP contribution in [0.25, 0.3) is 109 Å². The maximum Gasteiger partial charge on any atom is -0.00201 e. The van der Waals surface area contributed by atoms with Crippen molar-refractivity contribution < 1.29 is 0 Å². The van der Waals surface area contributed by atoms with E-state index < -0.39 is 0 Å². The van der Waals surface area contributed by atoms with Crippen LogP contribution < -0.4 is 0 Å². The Bertz CT molecular complexity index is 3270. The van der Waals surface area contributed by atoms with E-state index in [0.717, 1.165) is 0 Å². The highest BCUT2D eigenvalue weighted by Crippen LogP contribution is 2.45. The molecule has 0 aliphatic carbocycles. The Hall–Kier alpha value is -7.02. The predicted molar refractivity (Wildman–Crippen MR) is 233 cm³/mol. The second kappa shape index (κ2) is 12.3. The lowest BCUT2D eigenvalue weighted by atomic mass is 9.84. The van der Waals surface area contributed by atoms with E-state index >= 15 is 0 Å². The van der Waals surface area contributed by atoms with Gasteiger partial charge in [0.05, 0.1) is 0 Å². The first-order valence-electron chi connectivity index (χ1n) is 18.7. The molecule has 0 nitrogen and oxygen atoms in total. The molecule has 0 aliphatic heterocycles. The summed E-state index contributed by atoms with van der Waals surface area (Å²) < 4.78 is 0. The first-order chi connectivity index (χ1) is 26.7. The first kappa shape index (κ1) is 30.6. The third kappa shape index (κ3) is 4.99. The third-order valence-corrected chi connectivity index (χ3v) is 11.4. The third-order valence-electron chi connectivity index (χ3n) is 11.4. The topological polar surface area (TPSA) is 0 Å². The Labute approximate surface area is 314 Å². The smallest absolute Gasteiger partial charge is 0.00201 e. The Morgan fingerprint density at radius 1 is 0.204 bits per heavy atom. The SMILES string of the molecule is c1cc(-c2ccc3c(ccc4ccccc43)c2)cc(-c2c3cccc(-c4ccc5ccccc5c4)c3cc3cccc(-c4ccc5ccccc5c4)c23)c1. The maximum atomic E-state index is 2.42. The molecule has 11 aromatic rings. The number of benzene rings is 11. The highest BCUT2D eigenvalue weighted by molar-refractivity contribution is 6.20. The van der Waals surface area contributed by atoms with Crippen LogP contribution in [0.15, 0.2) is 206 Å². The van der Waals surface area contributed by atoms with E-state index in [0.29, 0.717) is 0 Å². The van der Waals surface area contributed by atoms with Crippen LogP contribution >= 0.6 is 0 Å². The summed E-state index contributed by atoms with van der Waals surface area (Å²) in [6.45, 7) is 0. The van der Waals surface area contributed by atoms with Gasteiger partial charge < -0.3 is 0 Å². The Kier molecular flexibility index (Phi) is 6.97. The van der Waals surface area contributed by atoms with Crippen molar-refractivity contribution in [2.24, 2.45) is 0 Å². The molecule has 0 bridgehead atoms. The molecule has 54 heavy (non-hydrogen) atoms. The van der Waals surface area contributed by atoms with Gasteiger partial charge in [0, 0.05) is 0 Å². The van der Waals surface area contributed by atoms with Crippen molar-refractivity contribution in [1.29, 1.82) is 0 Å². The highest BCUT2D eigenvalue weighted by Gasteiger charge is 2.18. The van der Waals surface area contributed by atoms with Crippen molar-refractivity contribution in [3.05, 3.63) is 206 Å². The molecule has 0 unspecified atom stereocenters. The van der Waals surface area contributed by atoms with Crippen LogP contribution in [-0.2, 0) is 0 Å². The van der Waals surface area contributed by atoms with Crippen LogP contribution in [0, 0.1) is 0 Å². The molecule has 0 heterocycles. The van der Waals surface area contributed by atoms with Gasteiger partial charge in [-0.25, -0.2) is 0 Å². The Balaban J connectivity index is 1.17. The Morgan fingerprint density at radius 3 is 1.50 bits per heavy atom. The van der Waals surface area contributed by atoms with E-state index in [1.165, 1.54) is 109 Å². The van der Waals surface area contributed by atoms with Crippen molar-refractivity contribution in [2.75, 3.05) is 0 Å². The predicted octanol–water partition coefficient (Wildman–Crippen LogP) is 15.3. The Morgan fingerprint density at radius 2 is 0.704 bits per heavy atom. The van der Waals surface area contributed by atoms with E-state index in [9.17, 15) is 0 Å². The molecule has 0 amide bonds. The summed E-state index contributed by atoms with van der Waals surface area (Å²) in [5.41, 5.74) is 9.85. The summed E-state index contributed by atoms with van der Waals surface area (Å²) in [6, 6.07) is 76.3. The van der Waals surface area contributed by atoms with Crippen LogP contribution in [0.3, 0.4) is 0 Å². The van der Waals surface area contributed by atoms with E-state index in [1.54, 1.807) is 0 Å². The molecule has 0 saturated carbocycles. The van der Waals surface area contributed by atoms with Gasteiger partial charge in [-0.1, -0.05) is 176 Å². The lowest BCUT2D eigenvalue weighted by Crippen LogP contribution is -1.92. The minimum Gasteiger partial charge on any atom is -0.0616 e. The van der Waals surface area contributed by atoms with Crippen molar-refractivity contribution >= 4 is 64.6 Å². The highest BCUT2D eigenvalue weighted by atomic mass is 14.2. The lowest BCUT2D eigenvalue weighted by Gasteiger charge is -2.19. The van der Waals surface area contributed by atoms with Crippen molar-refractivity contribution in [1.82, 2.24) is 0 Å². The zero-order chi connectivity index (χ0) is 35.6. The molecule has 0 radical (unpaired) electrons.